The maximum Gasteiger partial charge on any atom is 0.282 e. The minimum Gasteiger partial charge on any atom is -0.493 e. The number of methoxy groups -OCH3 is 1. The SMILES string of the molecule is COc1cc(Br)cc(C=C2C(=O)NN(c3ccccc3)C2=O)c1OCC(N)=O. The summed E-state index contributed by atoms with van der Waals surface area (Å²) in [4.78, 5) is 36.2. The largest absolute Gasteiger partial charge is 0.493 e. The van der Waals surface area contributed by atoms with E-state index in [2.05, 4.69) is 21.4 Å². The number of nitrogens with one attached hydrogen (secondary N) is 1. The molecule has 0 aromatic heterocycles. The highest BCUT2D eigenvalue weighted by Crippen LogP contribution is 2.36. The van der Waals surface area contributed by atoms with Gasteiger partial charge < -0.3 is 15.2 Å². The smallest absolute Gasteiger partial charge is 0.282 e. The molecular weight excluding hydrogens is 430 g/mol. The number of nitrogens with two attached hydrogens (primary N) is 1. The molecule has 144 valence electrons. The maximum absolute atomic E-state index is 12.8. The fourth-order valence-corrected chi connectivity index (χ4v) is 3.07. The van der Waals surface area contributed by atoms with Gasteiger partial charge in [0.25, 0.3) is 17.7 Å². The lowest BCUT2D eigenvalue weighted by Crippen LogP contribution is -2.35. The number of anilines is 1. The molecule has 3 N–H and O–H groups in total. The lowest BCUT2D eigenvalue weighted by atomic mass is 10.1. The molecule has 0 spiro atoms. The second-order valence-electron chi connectivity index (χ2n) is 5.76. The van der Waals surface area contributed by atoms with Crippen LogP contribution in [-0.4, -0.2) is 31.4 Å². The summed E-state index contributed by atoms with van der Waals surface area (Å²) in [5, 5.41) is 1.16. The average Bonchev–Trinajstić information content (AvgIpc) is 2.95. The third kappa shape index (κ3) is 3.99. The van der Waals surface area contributed by atoms with Gasteiger partial charge in [0.2, 0.25) is 0 Å². The first-order valence-corrected chi connectivity index (χ1v) is 8.91. The number of rotatable bonds is 6. The quantitative estimate of drug-likeness (QED) is 0.519. The van der Waals surface area contributed by atoms with Crippen LogP contribution in [0.1, 0.15) is 5.56 Å². The number of carbonyl (C=O) groups is 3. The fourth-order valence-electron chi connectivity index (χ4n) is 2.62. The summed E-state index contributed by atoms with van der Waals surface area (Å²) in [5.74, 6) is -1.25. The molecule has 1 fully saturated rings. The van der Waals surface area contributed by atoms with Crippen LogP contribution in [0.15, 0.2) is 52.5 Å². The van der Waals surface area contributed by atoms with Crippen LogP contribution >= 0.6 is 15.9 Å². The first-order valence-electron chi connectivity index (χ1n) is 8.11. The average molecular weight is 446 g/mol. The molecule has 0 aliphatic carbocycles. The fraction of sp³-hybridized carbons (Fsp3) is 0.105. The molecule has 2 aromatic rings. The van der Waals surface area contributed by atoms with Crippen molar-refractivity contribution in [1.29, 1.82) is 0 Å². The van der Waals surface area contributed by atoms with Gasteiger partial charge in [-0.2, -0.15) is 0 Å². The van der Waals surface area contributed by atoms with Gasteiger partial charge in [0.1, 0.15) is 5.57 Å². The van der Waals surface area contributed by atoms with Gasteiger partial charge in [-0.25, -0.2) is 5.01 Å². The van der Waals surface area contributed by atoms with Crippen molar-refractivity contribution in [3.05, 3.63) is 58.1 Å². The van der Waals surface area contributed by atoms with Crippen molar-refractivity contribution in [2.75, 3.05) is 18.7 Å². The first kappa shape index (κ1) is 19.4. The van der Waals surface area contributed by atoms with Gasteiger partial charge in [0.15, 0.2) is 18.1 Å². The topological polar surface area (TPSA) is 111 Å². The Hall–Kier alpha value is -3.33. The van der Waals surface area contributed by atoms with E-state index in [1.54, 1.807) is 42.5 Å². The van der Waals surface area contributed by atoms with Gasteiger partial charge in [0.05, 0.1) is 12.8 Å². The van der Waals surface area contributed by atoms with Crippen molar-refractivity contribution in [3.8, 4) is 11.5 Å². The molecule has 1 saturated heterocycles. The lowest BCUT2D eigenvalue weighted by molar-refractivity contribution is -0.120. The van der Waals surface area contributed by atoms with Crippen LogP contribution in [0.5, 0.6) is 11.5 Å². The van der Waals surface area contributed by atoms with Crippen LogP contribution in [-0.2, 0) is 14.4 Å². The molecule has 1 heterocycles. The van der Waals surface area contributed by atoms with Crippen LogP contribution in [0, 0.1) is 0 Å². The summed E-state index contributed by atoms with van der Waals surface area (Å²) < 4.78 is 11.4. The minimum atomic E-state index is -0.673. The third-order valence-corrected chi connectivity index (χ3v) is 4.29. The number of halogens is 1. The summed E-state index contributed by atoms with van der Waals surface area (Å²) in [7, 11) is 1.43. The van der Waals surface area contributed by atoms with Gasteiger partial charge in [-0.3, -0.25) is 19.8 Å². The molecule has 1 aliphatic rings. The standard InChI is InChI=1S/C19H16BrN3O5/c1-27-15-9-12(20)7-11(17(15)28-10-16(21)24)8-14-18(25)22-23(19(14)26)13-5-3-2-4-6-13/h2-9H,10H2,1H3,(H2,21,24)(H,22,25). The maximum atomic E-state index is 12.8. The molecule has 1 aliphatic heterocycles. The molecule has 2 aromatic carbocycles. The molecule has 0 saturated carbocycles. The zero-order valence-electron chi connectivity index (χ0n) is 14.8. The molecular formula is C19H16BrN3O5. The third-order valence-electron chi connectivity index (χ3n) is 3.83. The van der Waals surface area contributed by atoms with Gasteiger partial charge in [0, 0.05) is 10.0 Å². The van der Waals surface area contributed by atoms with E-state index in [0.29, 0.717) is 21.5 Å². The Kier molecular flexibility index (Phi) is 5.65. The molecule has 3 rings (SSSR count). The van der Waals surface area contributed by atoms with Crippen molar-refractivity contribution in [3.63, 3.8) is 0 Å². The van der Waals surface area contributed by atoms with Crippen molar-refractivity contribution >= 4 is 45.4 Å². The summed E-state index contributed by atoms with van der Waals surface area (Å²) in [6.07, 6.45) is 1.38. The Balaban J connectivity index is 2.02. The van der Waals surface area contributed by atoms with Crippen LogP contribution < -0.4 is 25.6 Å². The Bertz CT molecular complexity index is 975. The Labute approximate surface area is 169 Å². The highest BCUT2D eigenvalue weighted by atomic mass is 79.9. The molecule has 9 heteroatoms. The number of amides is 3. The molecule has 0 radical (unpaired) electrons. The number of para-hydroxylation sites is 1. The van der Waals surface area contributed by atoms with E-state index in [0.717, 1.165) is 5.01 Å². The van der Waals surface area contributed by atoms with E-state index in [-0.39, 0.29) is 17.9 Å². The summed E-state index contributed by atoms with van der Waals surface area (Å²) >= 11 is 3.34. The number of hydrogen-bond donors (Lipinski definition) is 2. The van der Waals surface area contributed by atoms with E-state index in [9.17, 15) is 14.4 Å². The Morgan fingerprint density at radius 1 is 1.25 bits per heavy atom. The zero-order chi connectivity index (χ0) is 20.3. The Morgan fingerprint density at radius 2 is 1.96 bits per heavy atom. The number of nitrogens with zero attached hydrogens (tertiary/aromatic N) is 1. The van der Waals surface area contributed by atoms with Crippen LogP contribution in [0.25, 0.3) is 6.08 Å². The van der Waals surface area contributed by atoms with Crippen molar-refractivity contribution < 1.29 is 23.9 Å². The number of ether oxygens (including phenoxy) is 2. The molecule has 3 amide bonds. The monoisotopic (exact) mass is 445 g/mol. The summed E-state index contributed by atoms with van der Waals surface area (Å²) in [5.41, 5.74) is 8.48. The summed E-state index contributed by atoms with van der Waals surface area (Å²) in [6.45, 7) is -0.384. The van der Waals surface area contributed by atoms with Crippen molar-refractivity contribution in [2.45, 2.75) is 0 Å². The van der Waals surface area contributed by atoms with Gasteiger partial charge in [-0.1, -0.05) is 34.1 Å². The molecule has 8 nitrogen and oxygen atoms in total. The van der Waals surface area contributed by atoms with E-state index in [1.807, 2.05) is 0 Å². The molecule has 28 heavy (non-hydrogen) atoms. The highest BCUT2D eigenvalue weighted by Gasteiger charge is 2.34. The van der Waals surface area contributed by atoms with Crippen molar-refractivity contribution in [2.24, 2.45) is 5.73 Å². The second kappa shape index (κ2) is 8.13. The van der Waals surface area contributed by atoms with Gasteiger partial charge in [-0.05, 0) is 30.3 Å². The zero-order valence-corrected chi connectivity index (χ0v) is 16.4. The lowest BCUT2D eigenvalue weighted by Gasteiger charge is -2.14. The van der Waals surface area contributed by atoms with Crippen molar-refractivity contribution in [1.82, 2.24) is 5.43 Å². The van der Waals surface area contributed by atoms with Gasteiger partial charge in [-0.15, -0.1) is 0 Å². The number of hydrazine groups is 1. The molecule has 0 unspecified atom stereocenters. The minimum absolute atomic E-state index is 0.0899. The highest BCUT2D eigenvalue weighted by molar-refractivity contribution is 9.10. The van der Waals surface area contributed by atoms with E-state index >= 15 is 0 Å². The van der Waals surface area contributed by atoms with Crippen LogP contribution in [0.2, 0.25) is 0 Å². The first-order chi connectivity index (χ1) is 13.4. The van der Waals surface area contributed by atoms with Crippen LogP contribution in [0.3, 0.4) is 0 Å². The predicted octanol–water partition coefficient (Wildman–Crippen LogP) is 1.78. The van der Waals surface area contributed by atoms with Crippen LogP contribution in [0.4, 0.5) is 5.69 Å². The number of carbonyl (C=O) groups excluding carboxylic acids is 3. The van der Waals surface area contributed by atoms with E-state index in [1.165, 1.54) is 13.2 Å². The number of benzene rings is 2. The normalized spacial score (nSPS) is 14.9. The Morgan fingerprint density at radius 3 is 2.61 bits per heavy atom. The van der Waals surface area contributed by atoms with Gasteiger partial charge >= 0.3 is 0 Å². The molecule has 0 bridgehead atoms. The molecule has 0 atom stereocenters. The summed E-state index contributed by atoms with van der Waals surface area (Å²) in [6, 6.07) is 12.0. The van der Waals surface area contributed by atoms with E-state index < -0.39 is 17.7 Å². The number of hydrogen-bond acceptors (Lipinski definition) is 5. The predicted molar refractivity (Wildman–Crippen MR) is 105 cm³/mol. The number of primary amides is 1. The second-order valence-corrected chi connectivity index (χ2v) is 6.67. The van der Waals surface area contributed by atoms with E-state index in [4.69, 9.17) is 15.2 Å².